The summed E-state index contributed by atoms with van der Waals surface area (Å²) in [7, 11) is 1.47. The maximum absolute atomic E-state index is 12.3. The normalized spacial score (nSPS) is 11.0. The SMILES string of the molecule is CCN(c1ccccc1)c1nc2c(c(=O)[nH]c(=O)n2C)n1CC(=O)O. The molecule has 0 fully saturated rings. The lowest BCUT2D eigenvalue weighted by Gasteiger charge is -2.22. The maximum atomic E-state index is 12.3. The topological polar surface area (TPSA) is 113 Å². The van der Waals surface area contributed by atoms with Gasteiger partial charge in [-0.3, -0.25) is 23.7 Å². The summed E-state index contributed by atoms with van der Waals surface area (Å²) >= 11 is 0. The fourth-order valence-corrected chi connectivity index (χ4v) is 2.76. The number of rotatable bonds is 5. The average molecular weight is 343 g/mol. The van der Waals surface area contributed by atoms with Crippen LogP contribution in [-0.4, -0.2) is 36.7 Å². The Balaban J connectivity index is 2.35. The van der Waals surface area contributed by atoms with Crippen molar-refractivity contribution in [2.24, 2.45) is 7.05 Å². The number of aromatic amines is 1. The van der Waals surface area contributed by atoms with Gasteiger partial charge in [-0.15, -0.1) is 0 Å². The highest BCUT2D eigenvalue weighted by atomic mass is 16.4. The van der Waals surface area contributed by atoms with E-state index in [2.05, 4.69) is 9.97 Å². The largest absolute Gasteiger partial charge is 0.480 e. The average Bonchev–Trinajstić information content (AvgIpc) is 2.94. The van der Waals surface area contributed by atoms with Crippen LogP contribution < -0.4 is 16.1 Å². The summed E-state index contributed by atoms with van der Waals surface area (Å²) in [6.07, 6.45) is 0. The van der Waals surface area contributed by atoms with Crippen molar-refractivity contribution in [2.45, 2.75) is 13.5 Å². The van der Waals surface area contributed by atoms with Crippen LogP contribution in [0.25, 0.3) is 11.2 Å². The van der Waals surface area contributed by atoms with E-state index in [9.17, 15) is 19.5 Å². The van der Waals surface area contributed by atoms with Crippen LogP contribution in [0.15, 0.2) is 39.9 Å². The van der Waals surface area contributed by atoms with Crippen LogP contribution in [0, 0.1) is 0 Å². The molecule has 1 aromatic carbocycles. The minimum Gasteiger partial charge on any atom is -0.480 e. The zero-order valence-corrected chi connectivity index (χ0v) is 13.8. The van der Waals surface area contributed by atoms with E-state index in [1.165, 1.54) is 16.2 Å². The third-order valence-electron chi connectivity index (χ3n) is 3.91. The van der Waals surface area contributed by atoms with Gasteiger partial charge in [0.2, 0.25) is 5.95 Å². The summed E-state index contributed by atoms with van der Waals surface area (Å²) in [4.78, 5) is 43.8. The number of hydrogen-bond acceptors (Lipinski definition) is 5. The third kappa shape index (κ3) is 2.80. The van der Waals surface area contributed by atoms with E-state index in [4.69, 9.17) is 0 Å². The van der Waals surface area contributed by atoms with E-state index >= 15 is 0 Å². The molecular weight excluding hydrogens is 326 g/mol. The minimum atomic E-state index is -1.11. The zero-order valence-electron chi connectivity index (χ0n) is 13.8. The Hall–Kier alpha value is -3.36. The number of anilines is 2. The number of aromatic nitrogens is 4. The molecule has 0 unspecified atom stereocenters. The second-order valence-corrected chi connectivity index (χ2v) is 5.46. The van der Waals surface area contributed by atoms with E-state index in [0.717, 1.165) is 5.69 Å². The predicted molar refractivity (Wildman–Crippen MR) is 92.4 cm³/mol. The van der Waals surface area contributed by atoms with Gasteiger partial charge in [0, 0.05) is 19.3 Å². The van der Waals surface area contributed by atoms with Crippen LogP contribution in [-0.2, 0) is 18.4 Å². The number of carboxylic acid groups (broad SMARTS) is 1. The molecule has 2 aromatic heterocycles. The number of fused-ring (bicyclic) bond motifs is 1. The second kappa shape index (κ2) is 6.27. The second-order valence-electron chi connectivity index (χ2n) is 5.46. The van der Waals surface area contributed by atoms with Gasteiger partial charge in [0.1, 0.15) is 6.54 Å². The molecule has 0 aliphatic heterocycles. The molecule has 0 aliphatic rings. The number of imidazole rings is 1. The highest BCUT2D eigenvalue weighted by Gasteiger charge is 2.23. The van der Waals surface area contributed by atoms with E-state index in [1.54, 1.807) is 4.90 Å². The predicted octanol–water partition coefficient (Wildman–Crippen LogP) is 0.666. The summed E-state index contributed by atoms with van der Waals surface area (Å²) in [5.41, 5.74) is -0.282. The van der Waals surface area contributed by atoms with Gasteiger partial charge in [-0.1, -0.05) is 18.2 Å². The third-order valence-corrected chi connectivity index (χ3v) is 3.91. The number of para-hydroxylation sites is 1. The van der Waals surface area contributed by atoms with Gasteiger partial charge in [-0.25, -0.2) is 4.79 Å². The molecular formula is C16H17N5O4. The van der Waals surface area contributed by atoms with Crippen LogP contribution in [0.2, 0.25) is 0 Å². The van der Waals surface area contributed by atoms with Gasteiger partial charge in [0.25, 0.3) is 5.56 Å². The molecule has 0 amide bonds. The molecule has 2 N–H and O–H groups in total. The molecule has 0 bridgehead atoms. The summed E-state index contributed by atoms with van der Waals surface area (Å²) in [5, 5.41) is 9.26. The standard InChI is InChI=1S/C16H17N5O4/c1-3-20(10-7-5-4-6-8-10)15-17-13-12(21(15)9-11(22)23)14(24)18-16(25)19(13)2/h4-8H,3,9H2,1-2H3,(H,22,23)(H,18,24,25). The van der Waals surface area contributed by atoms with E-state index in [-0.39, 0.29) is 17.1 Å². The molecule has 3 aromatic rings. The Labute approximate surface area is 141 Å². The van der Waals surface area contributed by atoms with Crippen LogP contribution in [0.1, 0.15) is 6.92 Å². The monoisotopic (exact) mass is 343 g/mol. The number of nitrogens with zero attached hydrogens (tertiary/aromatic N) is 4. The first kappa shape index (κ1) is 16.5. The molecule has 9 heteroatoms. The Morgan fingerprint density at radius 1 is 1.28 bits per heavy atom. The molecule has 0 radical (unpaired) electrons. The summed E-state index contributed by atoms with van der Waals surface area (Å²) in [6, 6.07) is 9.29. The Morgan fingerprint density at radius 3 is 2.56 bits per heavy atom. The van der Waals surface area contributed by atoms with Crippen LogP contribution in [0.5, 0.6) is 0 Å². The van der Waals surface area contributed by atoms with E-state index < -0.39 is 23.8 Å². The number of nitrogens with one attached hydrogen (secondary N) is 1. The van der Waals surface area contributed by atoms with Crippen molar-refractivity contribution >= 4 is 28.8 Å². The number of benzene rings is 1. The number of H-pyrrole nitrogens is 1. The molecule has 25 heavy (non-hydrogen) atoms. The summed E-state index contributed by atoms with van der Waals surface area (Å²) < 4.78 is 2.50. The van der Waals surface area contributed by atoms with Gasteiger partial charge in [0.05, 0.1) is 0 Å². The number of carbonyl (C=O) groups is 1. The summed E-state index contributed by atoms with van der Waals surface area (Å²) in [6.45, 7) is 1.94. The van der Waals surface area contributed by atoms with Crippen molar-refractivity contribution in [1.29, 1.82) is 0 Å². The van der Waals surface area contributed by atoms with Gasteiger partial charge >= 0.3 is 11.7 Å². The molecule has 9 nitrogen and oxygen atoms in total. The molecule has 3 rings (SSSR count). The molecule has 0 atom stereocenters. The van der Waals surface area contributed by atoms with Gasteiger partial charge in [0.15, 0.2) is 11.2 Å². The number of aliphatic carboxylic acids is 1. The maximum Gasteiger partial charge on any atom is 0.329 e. The lowest BCUT2D eigenvalue weighted by molar-refractivity contribution is -0.137. The highest BCUT2D eigenvalue weighted by Crippen LogP contribution is 2.26. The van der Waals surface area contributed by atoms with E-state index in [0.29, 0.717) is 6.54 Å². The number of hydrogen-bond donors (Lipinski definition) is 2. The Bertz CT molecular complexity index is 1050. The van der Waals surface area contributed by atoms with Crippen molar-refractivity contribution in [1.82, 2.24) is 19.1 Å². The smallest absolute Gasteiger partial charge is 0.329 e. The van der Waals surface area contributed by atoms with Crippen molar-refractivity contribution in [3.63, 3.8) is 0 Å². The quantitative estimate of drug-likeness (QED) is 0.704. The van der Waals surface area contributed by atoms with Crippen LogP contribution in [0.3, 0.4) is 0 Å². The minimum absolute atomic E-state index is 0.0499. The van der Waals surface area contributed by atoms with Crippen molar-refractivity contribution < 1.29 is 9.90 Å². The first-order valence-electron chi connectivity index (χ1n) is 7.68. The molecule has 2 heterocycles. The van der Waals surface area contributed by atoms with Crippen molar-refractivity contribution in [3.05, 3.63) is 51.2 Å². The highest BCUT2D eigenvalue weighted by molar-refractivity contribution is 5.79. The fourth-order valence-electron chi connectivity index (χ4n) is 2.76. The first-order valence-corrected chi connectivity index (χ1v) is 7.68. The number of aryl methyl sites for hydroxylation is 1. The van der Waals surface area contributed by atoms with Crippen molar-refractivity contribution in [3.8, 4) is 0 Å². The van der Waals surface area contributed by atoms with Gasteiger partial charge in [-0.2, -0.15) is 4.98 Å². The van der Waals surface area contributed by atoms with Crippen LogP contribution in [0.4, 0.5) is 11.6 Å². The molecule has 0 saturated heterocycles. The lowest BCUT2D eigenvalue weighted by Crippen LogP contribution is -2.30. The fraction of sp³-hybridized carbons (Fsp3) is 0.250. The van der Waals surface area contributed by atoms with Crippen molar-refractivity contribution in [2.75, 3.05) is 11.4 Å². The molecule has 130 valence electrons. The van der Waals surface area contributed by atoms with Gasteiger partial charge in [-0.05, 0) is 19.1 Å². The Morgan fingerprint density at radius 2 is 1.96 bits per heavy atom. The van der Waals surface area contributed by atoms with Crippen LogP contribution >= 0.6 is 0 Å². The number of carboxylic acids is 1. The Kier molecular flexibility index (Phi) is 4.14. The molecule has 0 aliphatic carbocycles. The van der Waals surface area contributed by atoms with E-state index in [1.807, 2.05) is 37.3 Å². The summed E-state index contributed by atoms with van der Waals surface area (Å²) in [5.74, 6) is -0.823. The molecule has 0 saturated carbocycles. The zero-order chi connectivity index (χ0) is 18.1. The lowest BCUT2D eigenvalue weighted by atomic mass is 10.3. The molecule has 0 spiro atoms. The first-order chi connectivity index (χ1) is 11.9. The van der Waals surface area contributed by atoms with Gasteiger partial charge < -0.3 is 10.0 Å².